The number of ether oxygens (including phenoxy) is 1. The van der Waals surface area contributed by atoms with E-state index >= 15 is 0 Å². The highest BCUT2D eigenvalue weighted by molar-refractivity contribution is 5.91. The lowest BCUT2D eigenvalue weighted by atomic mass is 9.87. The molecule has 4 rings (SSSR count). The number of aryl methyl sites for hydroxylation is 2. The minimum Gasteiger partial charge on any atom is -0.494 e. The van der Waals surface area contributed by atoms with Gasteiger partial charge in [-0.25, -0.2) is 4.98 Å². The largest absolute Gasteiger partial charge is 0.494 e. The summed E-state index contributed by atoms with van der Waals surface area (Å²) in [6.07, 6.45) is 8.31. The number of unbranched alkanes of at least 4 members (excludes halogenated alkanes) is 2. The van der Waals surface area contributed by atoms with Gasteiger partial charge in [0.1, 0.15) is 11.6 Å². The van der Waals surface area contributed by atoms with E-state index in [1.165, 1.54) is 11.1 Å². The van der Waals surface area contributed by atoms with Crippen molar-refractivity contribution in [1.82, 2.24) is 14.9 Å². The Morgan fingerprint density at radius 2 is 1.64 bits per heavy atom. The van der Waals surface area contributed by atoms with Crippen LogP contribution in [0.5, 0.6) is 5.75 Å². The number of imidazole rings is 1. The third-order valence-corrected chi connectivity index (χ3v) is 6.85. The van der Waals surface area contributed by atoms with E-state index in [9.17, 15) is 4.79 Å². The number of nitrogens with zero attached hydrogens (tertiary/aromatic N) is 2. The first-order valence-electron chi connectivity index (χ1n) is 14.1. The van der Waals surface area contributed by atoms with E-state index < -0.39 is 0 Å². The first kappa shape index (κ1) is 28.2. The Morgan fingerprint density at radius 3 is 2.41 bits per heavy atom. The number of para-hydroxylation sites is 2. The van der Waals surface area contributed by atoms with Crippen molar-refractivity contribution in [2.45, 2.75) is 64.8 Å². The normalized spacial score (nSPS) is 11.8. The molecule has 0 fully saturated rings. The molecule has 0 unspecified atom stereocenters. The topological polar surface area (TPSA) is 56.1 Å². The van der Waals surface area contributed by atoms with Gasteiger partial charge in [-0.3, -0.25) is 4.79 Å². The van der Waals surface area contributed by atoms with Crippen molar-refractivity contribution >= 4 is 23.0 Å². The summed E-state index contributed by atoms with van der Waals surface area (Å²) in [4.78, 5) is 17.0. The number of carbonyl (C=O) groups excluding carboxylic acids is 1. The first-order chi connectivity index (χ1) is 18.9. The zero-order valence-corrected chi connectivity index (χ0v) is 23.5. The molecule has 0 aliphatic carbocycles. The molecule has 0 saturated carbocycles. The minimum atomic E-state index is -0.0481. The molecule has 1 heterocycles. The number of hydrogen-bond donors (Lipinski definition) is 1. The standard InChI is InChI=1S/C34H41N3O2/c1-34(2,3)28-19-21-29(22-20-28)39-26-12-25-37-31-16-10-9-15-30(31)36-32(37)17-8-5-11-24-35-33(38)23-18-27-13-6-4-7-14-27/h4,6-7,9-10,13-16,18-23H,5,8,11-12,17,24-26H2,1-3H3,(H,35,38)/b23-18+. The van der Waals surface area contributed by atoms with E-state index in [0.717, 1.165) is 61.3 Å². The minimum absolute atomic E-state index is 0.0481. The summed E-state index contributed by atoms with van der Waals surface area (Å²) >= 11 is 0. The van der Waals surface area contributed by atoms with Crippen LogP contribution in [-0.4, -0.2) is 28.6 Å². The fourth-order valence-electron chi connectivity index (χ4n) is 4.62. The van der Waals surface area contributed by atoms with Crippen LogP contribution in [0.1, 0.15) is 63.4 Å². The summed E-state index contributed by atoms with van der Waals surface area (Å²) in [6, 6.07) is 26.7. The lowest BCUT2D eigenvalue weighted by Gasteiger charge is -2.19. The summed E-state index contributed by atoms with van der Waals surface area (Å²) in [5.41, 5.74) is 4.71. The van der Waals surface area contributed by atoms with E-state index in [2.05, 4.69) is 73.1 Å². The molecular formula is C34H41N3O2. The molecule has 0 aliphatic rings. The highest BCUT2D eigenvalue weighted by Crippen LogP contribution is 2.24. The highest BCUT2D eigenvalue weighted by Gasteiger charge is 2.13. The van der Waals surface area contributed by atoms with Gasteiger partial charge in [-0.05, 0) is 66.1 Å². The molecule has 0 atom stereocenters. The number of aromatic nitrogens is 2. The predicted molar refractivity (Wildman–Crippen MR) is 161 cm³/mol. The van der Waals surface area contributed by atoms with Crippen LogP contribution in [0.3, 0.4) is 0 Å². The Balaban J connectivity index is 1.21. The molecule has 4 aromatic rings. The van der Waals surface area contributed by atoms with E-state index in [1.807, 2.05) is 42.5 Å². The Hall–Kier alpha value is -3.86. The monoisotopic (exact) mass is 523 g/mol. The van der Waals surface area contributed by atoms with E-state index in [0.29, 0.717) is 13.2 Å². The molecule has 1 N–H and O–H groups in total. The maximum Gasteiger partial charge on any atom is 0.243 e. The Morgan fingerprint density at radius 1 is 0.897 bits per heavy atom. The van der Waals surface area contributed by atoms with Crippen molar-refractivity contribution in [3.8, 4) is 5.75 Å². The van der Waals surface area contributed by atoms with Crippen LogP contribution in [0.25, 0.3) is 17.1 Å². The average molecular weight is 524 g/mol. The van der Waals surface area contributed by atoms with Gasteiger partial charge >= 0.3 is 0 Å². The van der Waals surface area contributed by atoms with Gasteiger partial charge < -0.3 is 14.6 Å². The highest BCUT2D eigenvalue weighted by atomic mass is 16.5. The van der Waals surface area contributed by atoms with Crippen molar-refractivity contribution in [3.05, 3.63) is 102 Å². The van der Waals surface area contributed by atoms with Crippen LogP contribution >= 0.6 is 0 Å². The second-order valence-corrected chi connectivity index (χ2v) is 11.0. The van der Waals surface area contributed by atoms with Gasteiger partial charge in [-0.2, -0.15) is 0 Å². The van der Waals surface area contributed by atoms with Crippen molar-refractivity contribution < 1.29 is 9.53 Å². The molecule has 204 valence electrons. The second-order valence-electron chi connectivity index (χ2n) is 11.0. The van der Waals surface area contributed by atoms with Gasteiger partial charge in [0, 0.05) is 25.6 Å². The molecular weight excluding hydrogens is 482 g/mol. The van der Waals surface area contributed by atoms with Crippen molar-refractivity contribution in [2.24, 2.45) is 0 Å². The predicted octanol–water partition coefficient (Wildman–Crippen LogP) is 7.35. The summed E-state index contributed by atoms with van der Waals surface area (Å²) in [6.45, 7) is 8.89. The molecule has 0 aliphatic heterocycles. The number of benzene rings is 3. The van der Waals surface area contributed by atoms with Crippen LogP contribution in [0.15, 0.2) is 84.9 Å². The van der Waals surface area contributed by atoms with Crippen molar-refractivity contribution in [2.75, 3.05) is 13.2 Å². The number of hydrogen-bond acceptors (Lipinski definition) is 3. The van der Waals surface area contributed by atoms with E-state index in [-0.39, 0.29) is 11.3 Å². The summed E-state index contributed by atoms with van der Waals surface area (Å²) < 4.78 is 8.38. The third kappa shape index (κ3) is 8.57. The molecule has 0 bridgehead atoms. The Kier molecular flexibility index (Phi) is 9.96. The molecule has 0 radical (unpaired) electrons. The SMILES string of the molecule is CC(C)(C)c1ccc(OCCCn2c(CCCCCNC(=O)/C=C/c3ccccc3)nc3ccccc32)cc1. The molecule has 0 saturated heterocycles. The average Bonchev–Trinajstić information content (AvgIpc) is 3.29. The summed E-state index contributed by atoms with van der Waals surface area (Å²) in [5, 5.41) is 2.98. The molecule has 1 amide bonds. The molecule has 5 nitrogen and oxygen atoms in total. The molecule has 39 heavy (non-hydrogen) atoms. The van der Waals surface area contributed by atoms with Crippen LogP contribution in [0.2, 0.25) is 0 Å². The fraction of sp³-hybridized carbons (Fsp3) is 0.353. The lowest BCUT2D eigenvalue weighted by molar-refractivity contribution is -0.116. The van der Waals surface area contributed by atoms with Gasteiger partial charge in [-0.15, -0.1) is 0 Å². The summed E-state index contributed by atoms with van der Waals surface area (Å²) in [7, 11) is 0. The number of amides is 1. The quantitative estimate of drug-likeness (QED) is 0.147. The van der Waals surface area contributed by atoms with Gasteiger partial charge in [-0.1, -0.05) is 81.8 Å². The Labute approximate surface area is 232 Å². The molecule has 0 spiro atoms. The van der Waals surface area contributed by atoms with Crippen LogP contribution in [0.4, 0.5) is 0 Å². The maximum atomic E-state index is 12.1. The number of rotatable bonds is 13. The number of fused-ring (bicyclic) bond motifs is 1. The van der Waals surface area contributed by atoms with E-state index in [1.54, 1.807) is 6.08 Å². The Bertz CT molecular complexity index is 1350. The second kappa shape index (κ2) is 13.8. The molecule has 5 heteroatoms. The third-order valence-electron chi connectivity index (χ3n) is 6.85. The molecule has 1 aromatic heterocycles. The molecule has 3 aromatic carbocycles. The van der Waals surface area contributed by atoms with Gasteiger partial charge in [0.05, 0.1) is 17.6 Å². The van der Waals surface area contributed by atoms with Crippen LogP contribution < -0.4 is 10.1 Å². The smallest absolute Gasteiger partial charge is 0.243 e. The summed E-state index contributed by atoms with van der Waals surface area (Å²) in [5.74, 6) is 2.00. The van der Waals surface area contributed by atoms with Crippen LogP contribution in [-0.2, 0) is 23.2 Å². The lowest BCUT2D eigenvalue weighted by Crippen LogP contribution is -2.22. The van der Waals surface area contributed by atoms with E-state index in [4.69, 9.17) is 9.72 Å². The van der Waals surface area contributed by atoms with Gasteiger partial charge in [0.2, 0.25) is 5.91 Å². The first-order valence-corrected chi connectivity index (χ1v) is 14.1. The number of carbonyl (C=O) groups is 1. The number of nitrogens with one attached hydrogen (secondary N) is 1. The van der Waals surface area contributed by atoms with Gasteiger partial charge in [0.25, 0.3) is 0 Å². The van der Waals surface area contributed by atoms with Crippen molar-refractivity contribution in [1.29, 1.82) is 0 Å². The van der Waals surface area contributed by atoms with Crippen molar-refractivity contribution in [3.63, 3.8) is 0 Å². The maximum absolute atomic E-state index is 12.1. The fourth-order valence-corrected chi connectivity index (χ4v) is 4.62. The zero-order chi connectivity index (χ0) is 27.5. The van der Waals surface area contributed by atoms with Gasteiger partial charge in [0.15, 0.2) is 0 Å². The van der Waals surface area contributed by atoms with Crippen LogP contribution in [0, 0.1) is 0 Å². The zero-order valence-electron chi connectivity index (χ0n) is 23.5.